The number of para-hydroxylation sites is 1. The first kappa shape index (κ1) is 20.6. The van der Waals surface area contributed by atoms with Gasteiger partial charge in [-0.1, -0.05) is 39.8 Å². The van der Waals surface area contributed by atoms with E-state index >= 15 is 0 Å². The van der Waals surface area contributed by atoms with E-state index in [1.807, 2.05) is 72.8 Å². The number of fused-ring (bicyclic) bond motifs is 1. The summed E-state index contributed by atoms with van der Waals surface area (Å²) < 4.78 is 8.77. The van der Waals surface area contributed by atoms with E-state index in [0.717, 1.165) is 36.1 Å². The van der Waals surface area contributed by atoms with Crippen molar-refractivity contribution in [1.29, 1.82) is 0 Å². The van der Waals surface area contributed by atoms with Gasteiger partial charge in [0.05, 0.1) is 22.2 Å². The number of hydrazone groups is 1. The van der Waals surface area contributed by atoms with Gasteiger partial charge in [0.1, 0.15) is 11.5 Å². The molecule has 0 atom stereocenters. The smallest absolute Gasteiger partial charge is 0.250 e. The van der Waals surface area contributed by atoms with Crippen LogP contribution in [0.1, 0.15) is 5.56 Å². The Kier molecular flexibility index (Phi) is 6.78. The summed E-state index contributed by atoms with van der Waals surface area (Å²) in [6, 6.07) is 23.0. The second-order valence-corrected chi connectivity index (χ2v) is 9.32. The standard InChI is InChI=1S/C22H16BrN3O2S2/c23-16-7-11-18(12-8-16)28-17-9-5-15(6-10-17)13-24-26-21(27)14-29-22-25-19-3-1-2-4-20(19)30-22/h1-13H,14H2,(H,26,27)/b24-13+. The van der Waals surface area contributed by atoms with Gasteiger partial charge in [0.25, 0.3) is 5.91 Å². The Hall–Kier alpha value is -2.68. The Morgan fingerprint density at radius 1 is 1.07 bits per heavy atom. The van der Waals surface area contributed by atoms with Crippen molar-refractivity contribution >= 4 is 61.4 Å². The van der Waals surface area contributed by atoms with Crippen molar-refractivity contribution in [2.24, 2.45) is 5.10 Å². The number of amides is 1. The zero-order valence-corrected chi connectivity index (χ0v) is 18.8. The molecule has 0 bridgehead atoms. The molecule has 4 aromatic rings. The molecule has 4 rings (SSSR count). The van der Waals surface area contributed by atoms with E-state index < -0.39 is 0 Å². The fourth-order valence-corrected chi connectivity index (χ4v) is 4.64. The van der Waals surface area contributed by atoms with E-state index in [-0.39, 0.29) is 11.7 Å². The normalized spacial score (nSPS) is 11.1. The molecule has 0 radical (unpaired) electrons. The van der Waals surface area contributed by atoms with E-state index in [4.69, 9.17) is 4.74 Å². The molecule has 0 fully saturated rings. The molecule has 150 valence electrons. The number of thioether (sulfide) groups is 1. The molecule has 1 N–H and O–H groups in total. The number of nitrogens with zero attached hydrogens (tertiary/aromatic N) is 2. The lowest BCUT2D eigenvalue weighted by molar-refractivity contribution is -0.118. The summed E-state index contributed by atoms with van der Waals surface area (Å²) in [6.45, 7) is 0. The van der Waals surface area contributed by atoms with Gasteiger partial charge in [-0.3, -0.25) is 4.79 Å². The number of hydrogen-bond acceptors (Lipinski definition) is 6. The van der Waals surface area contributed by atoms with Crippen LogP contribution in [0.15, 0.2) is 86.7 Å². The minimum atomic E-state index is -0.175. The molecule has 0 saturated heterocycles. The van der Waals surface area contributed by atoms with Crippen molar-refractivity contribution < 1.29 is 9.53 Å². The molecule has 8 heteroatoms. The highest BCUT2D eigenvalue weighted by Gasteiger charge is 2.07. The van der Waals surface area contributed by atoms with Gasteiger partial charge in [-0.25, -0.2) is 10.4 Å². The van der Waals surface area contributed by atoms with Crippen LogP contribution >= 0.6 is 39.0 Å². The molecule has 1 aromatic heterocycles. The predicted octanol–water partition coefficient (Wildman–Crippen LogP) is 6.09. The fraction of sp³-hybridized carbons (Fsp3) is 0.0455. The summed E-state index contributed by atoms with van der Waals surface area (Å²) in [5.74, 6) is 1.57. The van der Waals surface area contributed by atoms with Gasteiger partial charge in [-0.2, -0.15) is 5.10 Å². The molecule has 30 heavy (non-hydrogen) atoms. The number of carbonyl (C=O) groups is 1. The average molecular weight is 498 g/mol. The minimum Gasteiger partial charge on any atom is -0.457 e. The maximum absolute atomic E-state index is 12.0. The first-order chi connectivity index (χ1) is 14.7. The maximum atomic E-state index is 12.0. The molecular formula is C22H16BrN3O2S2. The number of benzene rings is 3. The van der Waals surface area contributed by atoms with Crippen molar-refractivity contribution in [3.05, 3.63) is 82.8 Å². The Morgan fingerprint density at radius 2 is 1.77 bits per heavy atom. The zero-order chi connectivity index (χ0) is 20.8. The monoisotopic (exact) mass is 497 g/mol. The molecule has 0 spiro atoms. The van der Waals surface area contributed by atoms with Crippen molar-refractivity contribution in [3.8, 4) is 11.5 Å². The third-order valence-electron chi connectivity index (χ3n) is 3.93. The number of nitrogens with one attached hydrogen (secondary N) is 1. The molecule has 0 aliphatic heterocycles. The topological polar surface area (TPSA) is 63.6 Å². The average Bonchev–Trinajstić information content (AvgIpc) is 3.18. The summed E-state index contributed by atoms with van der Waals surface area (Å²) >= 11 is 6.39. The SMILES string of the molecule is O=C(CSc1nc2ccccc2s1)N/N=C/c1ccc(Oc2ccc(Br)cc2)cc1. The molecule has 0 unspecified atom stereocenters. The number of aromatic nitrogens is 1. The van der Waals surface area contributed by atoms with Crippen molar-refractivity contribution in [2.75, 3.05) is 5.75 Å². The fourth-order valence-electron chi connectivity index (χ4n) is 2.51. The highest BCUT2D eigenvalue weighted by molar-refractivity contribution is 9.10. The lowest BCUT2D eigenvalue weighted by Gasteiger charge is -2.05. The molecule has 1 heterocycles. The summed E-state index contributed by atoms with van der Waals surface area (Å²) in [5.41, 5.74) is 4.36. The number of thiazole rings is 1. The van der Waals surface area contributed by atoms with Crippen LogP contribution in [-0.4, -0.2) is 22.9 Å². The van der Waals surface area contributed by atoms with Crippen LogP contribution in [0.5, 0.6) is 11.5 Å². The lowest BCUT2D eigenvalue weighted by Crippen LogP contribution is -2.19. The zero-order valence-electron chi connectivity index (χ0n) is 15.6. The van der Waals surface area contributed by atoms with Crippen LogP contribution in [0.3, 0.4) is 0 Å². The number of carbonyl (C=O) groups excluding carboxylic acids is 1. The summed E-state index contributed by atoms with van der Waals surface area (Å²) in [7, 11) is 0. The van der Waals surface area contributed by atoms with Gasteiger partial charge in [-0.05, 0) is 66.2 Å². The second kappa shape index (κ2) is 9.88. The lowest BCUT2D eigenvalue weighted by atomic mass is 10.2. The maximum Gasteiger partial charge on any atom is 0.250 e. The van der Waals surface area contributed by atoms with Crippen molar-refractivity contribution in [2.45, 2.75) is 4.34 Å². The van der Waals surface area contributed by atoms with Gasteiger partial charge >= 0.3 is 0 Å². The van der Waals surface area contributed by atoms with Crippen LogP contribution in [0.4, 0.5) is 0 Å². The largest absolute Gasteiger partial charge is 0.457 e. The predicted molar refractivity (Wildman–Crippen MR) is 127 cm³/mol. The Morgan fingerprint density at radius 3 is 2.50 bits per heavy atom. The molecule has 0 aliphatic rings. The third kappa shape index (κ3) is 5.69. The van der Waals surface area contributed by atoms with Gasteiger partial charge in [0.2, 0.25) is 0 Å². The van der Waals surface area contributed by atoms with Gasteiger partial charge in [0.15, 0.2) is 4.34 Å². The molecule has 0 saturated carbocycles. The van der Waals surface area contributed by atoms with Gasteiger partial charge in [-0.15, -0.1) is 11.3 Å². The van der Waals surface area contributed by atoms with E-state index in [9.17, 15) is 4.79 Å². The Balaban J connectivity index is 1.25. The number of rotatable bonds is 7. The minimum absolute atomic E-state index is 0.175. The molecule has 5 nitrogen and oxygen atoms in total. The van der Waals surface area contributed by atoms with Crippen LogP contribution in [-0.2, 0) is 4.79 Å². The summed E-state index contributed by atoms with van der Waals surface area (Å²) in [4.78, 5) is 16.5. The first-order valence-electron chi connectivity index (χ1n) is 8.99. The van der Waals surface area contributed by atoms with Gasteiger partial charge < -0.3 is 4.74 Å². The van der Waals surface area contributed by atoms with Crippen LogP contribution in [0, 0.1) is 0 Å². The van der Waals surface area contributed by atoms with E-state index in [0.29, 0.717) is 0 Å². The summed E-state index contributed by atoms with van der Waals surface area (Å²) in [6.07, 6.45) is 1.60. The van der Waals surface area contributed by atoms with Crippen molar-refractivity contribution in [1.82, 2.24) is 10.4 Å². The van der Waals surface area contributed by atoms with Gasteiger partial charge in [0, 0.05) is 4.47 Å². The summed E-state index contributed by atoms with van der Waals surface area (Å²) in [5, 5.41) is 4.02. The Labute approximate surface area is 190 Å². The number of hydrogen-bond donors (Lipinski definition) is 1. The van der Waals surface area contributed by atoms with Crippen LogP contribution < -0.4 is 10.2 Å². The number of ether oxygens (including phenoxy) is 1. The van der Waals surface area contributed by atoms with Crippen LogP contribution in [0.2, 0.25) is 0 Å². The molecule has 1 amide bonds. The van der Waals surface area contributed by atoms with Crippen LogP contribution in [0.25, 0.3) is 10.2 Å². The Bertz CT molecular complexity index is 1140. The van der Waals surface area contributed by atoms with E-state index in [2.05, 4.69) is 31.4 Å². The molecular weight excluding hydrogens is 482 g/mol. The molecule has 0 aliphatic carbocycles. The highest BCUT2D eigenvalue weighted by atomic mass is 79.9. The second-order valence-electron chi connectivity index (χ2n) is 6.15. The third-order valence-corrected chi connectivity index (χ3v) is 6.64. The number of halogens is 1. The molecule has 3 aromatic carbocycles. The van der Waals surface area contributed by atoms with Crippen molar-refractivity contribution in [3.63, 3.8) is 0 Å². The highest BCUT2D eigenvalue weighted by Crippen LogP contribution is 2.29. The quantitative estimate of drug-likeness (QED) is 0.190. The van der Waals surface area contributed by atoms with E-state index in [1.165, 1.54) is 11.8 Å². The first-order valence-corrected chi connectivity index (χ1v) is 11.6. The van der Waals surface area contributed by atoms with E-state index in [1.54, 1.807) is 17.6 Å².